The van der Waals surface area contributed by atoms with Gasteiger partial charge in [0.05, 0.1) is 11.3 Å². The Morgan fingerprint density at radius 1 is 0.833 bits per heavy atom. The number of carbonyl (C=O) groups is 2. The summed E-state index contributed by atoms with van der Waals surface area (Å²) in [5.41, 5.74) is 2.82. The number of carbonyl (C=O) groups excluding carboxylic acids is 1. The minimum atomic E-state index is -1.10. The number of fused-ring (bicyclic) bond motifs is 1. The van der Waals surface area contributed by atoms with Gasteiger partial charge in [0.25, 0.3) is 5.91 Å². The van der Waals surface area contributed by atoms with E-state index in [0.717, 1.165) is 18.4 Å². The third-order valence-corrected chi connectivity index (χ3v) is 4.91. The molecule has 0 atom stereocenters. The molecule has 1 aliphatic heterocycles. The van der Waals surface area contributed by atoms with Gasteiger partial charge in [0.2, 0.25) is 0 Å². The number of nitrogens with one attached hydrogen (secondary N) is 1. The lowest BCUT2D eigenvalue weighted by Crippen LogP contribution is -2.18. The van der Waals surface area contributed by atoms with Crippen molar-refractivity contribution in [1.29, 1.82) is 0 Å². The number of carboxylic acid groups (broad SMARTS) is 1. The van der Waals surface area contributed by atoms with Crippen molar-refractivity contribution in [2.24, 2.45) is 0 Å². The van der Waals surface area contributed by atoms with Crippen LogP contribution in [0.1, 0.15) is 31.8 Å². The monoisotopic (exact) mass is 403 g/mol. The average Bonchev–Trinajstić information content (AvgIpc) is 2.78. The van der Waals surface area contributed by atoms with Crippen LogP contribution in [0.15, 0.2) is 66.7 Å². The molecule has 1 aliphatic rings. The van der Waals surface area contributed by atoms with E-state index in [-0.39, 0.29) is 11.3 Å². The van der Waals surface area contributed by atoms with E-state index in [4.69, 9.17) is 9.47 Å². The van der Waals surface area contributed by atoms with E-state index < -0.39 is 11.9 Å². The summed E-state index contributed by atoms with van der Waals surface area (Å²) in [6.45, 7) is 0.890. The fourth-order valence-electron chi connectivity index (χ4n) is 3.35. The zero-order valence-corrected chi connectivity index (χ0v) is 16.3. The van der Waals surface area contributed by atoms with Crippen molar-refractivity contribution in [2.75, 3.05) is 18.5 Å². The Balaban J connectivity index is 1.54. The number of aromatic carboxylic acids is 1. The minimum absolute atomic E-state index is 0.0457. The number of rotatable bonds is 6. The third-order valence-electron chi connectivity index (χ3n) is 4.91. The number of aryl methyl sites for hydroxylation is 2. The Labute approximate surface area is 174 Å². The summed E-state index contributed by atoms with van der Waals surface area (Å²) in [6, 6.07) is 20.0. The Kier molecular flexibility index (Phi) is 5.66. The highest BCUT2D eigenvalue weighted by Gasteiger charge is 2.18. The molecule has 0 saturated heterocycles. The fraction of sp³-hybridized carbons (Fsp3) is 0.167. The highest BCUT2D eigenvalue weighted by molar-refractivity contribution is 6.08. The molecule has 1 heterocycles. The van der Waals surface area contributed by atoms with E-state index in [2.05, 4.69) is 17.4 Å². The van der Waals surface area contributed by atoms with Crippen molar-refractivity contribution >= 4 is 17.6 Å². The summed E-state index contributed by atoms with van der Waals surface area (Å²) in [6.07, 6.45) is 1.56. The molecule has 0 fully saturated rings. The van der Waals surface area contributed by atoms with Crippen molar-refractivity contribution in [3.8, 4) is 11.5 Å². The zero-order valence-electron chi connectivity index (χ0n) is 16.3. The van der Waals surface area contributed by atoms with Gasteiger partial charge >= 0.3 is 5.97 Å². The minimum Gasteiger partial charge on any atom is -0.486 e. The van der Waals surface area contributed by atoms with E-state index in [0.29, 0.717) is 30.3 Å². The van der Waals surface area contributed by atoms with E-state index >= 15 is 0 Å². The molecule has 3 aromatic rings. The fourth-order valence-corrected chi connectivity index (χ4v) is 3.35. The molecule has 4 rings (SSSR count). The number of carboxylic acids is 1. The van der Waals surface area contributed by atoms with E-state index in [1.807, 2.05) is 18.2 Å². The highest BCUT2D eigenvalue weighted by Crippen LogP contribution is 2.31. The van der Waals surface area contributed by atoms with Gasteiger partial charge in [0, 0.05) is 5.56 Å². The van der Waals surface area contributed by atoms with Crippen molar-refractivity contribution in [3.63, 3.8) is 0 Å². The smallest absolute Gasteiger partial charge is 0.337 e. The van der Waals surface area contributed by atoms with Crippen molar-refractivity contribution in [3.05, 3.63) is 89.0 Å². The largest absolute Gasteiger partial charge is 0.486 e. The van der Waals surface area contributed by atoms with Crippen molar-refractivity contribution < 1.29 is 24.2 Å². The maximum atomic E-state index is 12.8. The molecule has 3 aromatic carbocycles. The molecule has 2 N–H and O–H groups in total. The molecule has 30 heavy (non-hydrogen) atoms. The molecule has 0 aliphatic carbocycles. The molecule has 0 spiro atoms. The number of amides is 1. The van der Waals surface area contributed by atoms with Crippen LogP contribution in [-0.2, 0) is 12.8 Å². The predicted octanol–water partition coefficient (Wildman–Crippen LogP) is 4.19. The van der Waals surface area contributed by atoms with Gasteiger partial charge in [-0.25, -0.2) is 4.79 Å². The van der Waals surface area contributed by atoms with Crippen molar-refractivity contribution in [1.82, 2.24) is 0 Å². The molecular weight excluding hydrogens is 382 g/mol. The summed E-state index contributed by atoms with van der Waals surface area (Å²) in [4.78, 5) is 24.4. The maximum Gasteiger partial charge on any atom is 0.337 e. The van der Waals surface area contributed by atoms with E-state index in [1.54, 1.807) is 30.3 Å². The normalized spacial score (nSPS) is 12.3. The lowest BCUT2D eigenvalue weighted by molar-refractivity contribution is 0.0698. The highest BCUT2D eigenvalue weighted by atomic mass is 16.6. The van der Waals surface area contributed by atoms with Gasteiger partial charge in [0.1, 0.15) is 13.2 Å². The quantitative estimate of drug-likeness (QED) is 0.645. The molecule has 0 bridgehead atoms. The van der Waals surface area contributed by atoms with Crippen LogP contribution in [0.25, 0.3) is 0 Å². The molecule has 6 heteroatoms. The Morgan fingerprint density at radius 2 is 1.57 bits per heavy atom. The average molecular weight is 403 g/mol. The first-order valence-corrected chi connectivity index (χ1v) is 9.71. The van der Waals surface area contributed by atoms with Crippen LogP contribution in [0.2, 0.25) is 0 Å². The SMILES string of the molecule is O=C(Nc1cc(CCc2ccccc2)ccc1C(=O)O)c1ccc2c(c1)OCCO2. The Hall–Kier alpha value is -3.80. The van der Waals surface area contributed by atoms with Crippen LogP contribution in [0.4, 0.5) is 5.69 Å². The summed E-state index contributed by atoms with van der Waals surface area (Å²) in [7, 11) is 0. The number of anilines is 1. The van der Waals surface area contributed by atoms with Crippen LogP contribution in [0.3, 0.4) is 0 Å². The van der Waals surface area contributed by atoms with Crippen molar-refractivity contribution in [2.45, 2.75) is 12.8 Å². The molecule has 1 amide bonds. The lowest BCUT2D eigenvalue weighted by atomic mass is 10.0. The van der Waals surface area contributed by atoms with Crippen LogP contribution in [0, 0.1) is 0 Å². The summed E-state index contributed by atoms with van der Waals surface area (Å²) >= 11 is 0. The molecule has 0 radical (unpaired) electrons. The number of benzene rings is 3. The molecule has 6 nitrogen and oxygen atoms in total. The molecule has 0 aromatic heterocycles. The second-order valence-corrected chi connectivity index (χ2v) is 6.98. The van der Waals surface area contributed by atoms with Crippen LogP contribution < -0.4 is 14.8 Å². The number of hydrogen-bond acceptors (Lipinski definition) is 4. The van der Waals surface area contributed by atoms with Crippen LogP contribution >= 0.6 is 0 Å². The van der Waals surface area contributed by atoms with Gasteiger partial charge in [-0.3, -0.25) is 4.79 Å². The molecule has 0 saturated carbocycles. The first-order chi connectivity index (χ1) is 14.6. The van der Waals surface area contributed by atoms with Gasteiger partial charge in [0.15, 0.2) is 11.5 Å². The lowest BCUT2D eigenvalue weighted by Gasteiger charge is -2.19. The Morgan fingerprint density at radius 3 is 2.33 bits per heavy atom. The van der Waals surface area contributed by atoms with Gasteiger partial charge in [-0.05, 0) is 54.3 Å². The predicted molar refractivity (Wildman–Crippen MR) is 113 cm³/mol. The van der Waals surface area contributed by atoms with Crippen LogP contribution in [0.5, 0.6) is 11.5 Å². The topological polar surface area (TPSA) is 84.9 Å². The second kappa shape index (κ2) is 8.69. The van der Waals surface area contributed by atoms with Gasteiger partial charge < -0.3 is 19.9 Å². The first-order valence-electron chi connectivity index (χ1n) is 9.71. The maximum absolute atomic E-state index is 12.8. The zero-order chi connectivity index (χ0) is 20.9. The van der Waals surface area contributed by atoms with E-state index in [9.17, 15) is 14.7 Å². The van der Waals surface area contributed by atoms with Gasteiger partial charge in [-0.1, -0.05) is 36.4 Å². The van der Waals surface area contributed by atoms with Gasteiger partial charge in [-0.15, -0.1) is 0 Å². The molecule has 152 valence electrons. The summed E-state index contributed by atoms with van der Waals surface area (Å²) in [5, 5.41) is 12.3. The summed E-state index contributed by atoms with van der Waals surface area (Å²) in [5.74, 6) is -0.410. The standard InChI is InChI=1S/C24H21NO5/c26-23(18-9-11-21-22(15-18)30-13-12-29-21)25-20-14-17(8-10-19(20)24(27)28)7-6-16-4-2-1-3-5-16/h1-5,8-11,14-15H,6-7,12-13H2,(H,25,26)(H,27,28). The Bertz CT molecular complexity index is 1080. The summed E-state index contributed by atoms with van der Waals surface area (Å²) < 4.78 is 11.0. The van der Waals surface area contributed by atoms with E-state index in [1.165, 1.54) is 11.6 Å². The van der Waals surface area contributed by atoms with Gasteiger partial charge in [-0.2, -0.15) is 0 Å². The number of hydrogen-bond donors (Lipinski definition) is 2. The molecular formula is C24H21NO5. The third kappa shape index (κ3) is 4.43. The molecule has 0 unspecified atom stereocenters. The second-order valence-electron chi connectivity index (χ2n) is 6.98. The van der Waals surface area contributed by atoms with Crippen LogP contribution in [-0.4, -0.2) is 30.2 Å². The first kappa shape index (κ1) is 19.5. The number of ether oxygens (including phenoxy) is 2.